The molecule has 0 radical (unpaired) electrons. The van der Waals surface area contributed by atoms with Gasteiger partial charge in [0.15, 0.2) is 0 Å². The van der Waals surface area contributed by atoms with Crippen LogP contribution in [0.4, 0.5) is 0 Å². The van der Waals surface area contributed by atoms with Crippen molar-refractivity contribution >= 4 is 23.7 Å². The second kappa shape index (κ2) is 7.99. The zero-order valence-electron chi connectivity index (χ0n) is 13.9. The van der Waals surface area contributed by atoms with E-state index in [1.165, 1.54) is 4.88 Å². The van der Waals surface area contributed by atoms with Crippen LogP contribution in [0.1, 0.15) is 23.1 Å². The highest BCUT2D eigenvalue weighted by atomic mass is 35.5. The molecule has 3 aromatic rings. The molecule has 0 spiro atoms. The van der Waals surface area contributed by atoms with Gasteiger partial charge in [0.25, 0.3) is 0 Å². The summed E-state index contributed by atoms with van der Waals surface area (Å²) in [5.74, 6) is 2.47. The van der Waals surface area contributed by atoms with Gasteiger partial charge in [0.2, 0.25) is 11.7 Å². The smallest absolute Gasteiger partial charge is 0.231 e. The SMILES string of the molecule is COc1cccc(-c2noc(C3CCN(Cc4cccs4)C3)n2)c1.Cl. The van der Waals surface area contributed by atoms with Crippen LogP contribution in [0.15, 0.2) is 46.3 Å². The summed E-state index contributed by atoms with van der Waals surface area (Å²) in [4.78, 5) is 8.46. The molecule has 2 aromatic heterocycles. The van der Waals surface area contributed by atoms with Crippen molar-refractivity contribution in [3.63, 3.8) is 0 Å². The topological polar surface area (TPSA) is 51.4 Å². The van der Waals surface area contributed by atoms with Crippen LogP contribution in [0.2, 0.25) is 0 Å². The summed E-state index contributed by atoms with van der Waals surface area (Å²) in [6.07, 6.45) is 1.06. The number of likely N-dealkylation sites (tertiary alicyclic amines) is 1. The van der Waals surface area contributed by atoms with Gasteiger partial charge in [0, 0.05) is 23.5 Å². The lowest BCUT2D eigenvalue weighted by atomic mass is 10.1. The maximum absolute atomic E-state index is 5.53. The molecule has 1 aromatic carbocycles. The summed E-state index contributed by atoms with van der Waals surface area (Å²) in [5, 5.41) is 6.28. The Morgan fingerprint density at radius 2 is 2.24 bits per heavy atom. The van der Waals surface area contributed by atoms with E-state index in [1.807, 2.05) is 24.3 Å². The third-order valence-electron chi connectivity index (χ3n) is 4.35. The Kier molecular flexibility index (Phi) is 5.73. The second-order valence-corrected chi connectivity index (χ2v) is 7.02. The largest absolute Gasteiger partial charge is 0.497 e. The highest BCUT2D eigenvalue weighted by Gasteiger charge is 2.28. The molecule has 1 saturated heterocycles. The molecule has 25 heavy (non-hydrogen) atoms. The number of hydrogen-bond acceptors (Lipinski definition) is 6. The first-order valence-corrected chi connectivity index (χ1v) is 8.92. The average molecular weight is 378 g/mol. The number of methoxy groups -OCH3 is 1. The van der Waals surface area contributed by atoms with Crippen LogP contribution in [0, 0.1) is 0 Å². The number of hydrogen-bond donors (Lipinski definition) is 0. The predicted molar refractivity (Wildman–Crippen MR) is 100 cm³/mol. The first-order valence-electron chi connectivity index (χ1n) is 8.04. The Balaban J connectivity index is 0.00000182. The maximum Gasteiger partial charge on any atom is 0.231 e. The number of benzene rings is 1. The van der Waals surface area contributed by atoms with Crippen LogP contribution in [0.5, 0.6) is 5.75 Å². The van der Waals surface area contributed by atoms with Crippen molar-refractivity contribution in [2.75, 3.05) is 20.2 Å². The van der Waals surface area contributed by atoms with Crippen molar-refractivity contribution in [2.24, 2.45) is 0 Å². The van der Waals surface area contributed by atoms with E-state index in [1.54, 1.807) is 18.4 Å². The van der Waals surface area contributed by atoms with Crippen molar-refractivity contribution in [1.29, 1.82) is 0 Å². The van der Waals surface area contributed by atoms with Crippen LogP contribution in [0.25, 0.3) is 11.4 Å². The van der Waals surface area contributed by atoms with Crippen molar-refractivity contribution in [1.82, 2.24) is 15.0 Å². The molecule has 5 nitrogen and oxygen atoms in total. The van der Waals surface area contributed by atoms with E-state index in [0.29, 0.717) is 11.7 Å². The van der Waals surface area contributed by atoms with E-state index >= 15 is 0 Å². The summed E-state index contributed by atoms with van der Waals surface area (Å²) >= 11 is 1.81. The fraction of sp³-hybridized carbons (Fsp3) is 0.333. The van der Waals surface area contributed by atoms with Gasteiger partial charge in [-0.15, -0.1) is 23.7 Å². The van der Waals surface area contributed by atoms with Gasteiger partial charge < -0.3 is 9.26 Å². The van der Waals surface area contributed by atoms with Crippen LogP contribution in [0.3, 0.4) is 0 Å². The number of nitrogens with zero attached hydrogens (tertiary/aromatic N) is 3. The first-order chi connectivity index (χ1) is 11.8. The van der Waals surface area contributed by atoms with E-state index in [2.05, 4.69) is 32.6 Å². The van der Waals surface area contributed by atoms with Crippen molar-refractivity contribution in [3.05, 3.63) is 52.5 Å². The van der Waals surface area contributed by atoms with Gasteiger partial charge in [-0.05, 0) is 36.5 Å². The Labute approximate surface area is 157 Å². The normalized spacial score (nSPS) is 17.4. The van der Waals surface area contributed by atoms with Gasteiger partial charge in [-0.3, -0.25) is 4.90 Å². The van der Waals surface area contributed by atoms with Crippen molar-refractivity contribution in [3.8, 4) is 17.1 Å². The van der Waals surface area contributed by atoms with Crippen LogP contribution in [-0.2, 0) is 6.54 Å². The Bertz CT molecular complexity index is 806. The van der Waals surface area contributed by atoms with E-state index in [0.717, 1.165) is 43.3 Å². The zero-order valence-corrected chi connectivity index (χ0v) is 15.6. The van der Waals surface area contributed by atoms with E-state index in [4.69, 9.17) is 9.26 Å². The molecule has 1 aliphatic heterocycles. The molecular formula is C18H20ClN3O2S. The molecule has 1 fully saturated rings. The summed E-state index contributed by atoms with van der Waals surface area (Å²) in [7, 11) is 1.65. The van der Waals surface area contributed by atoms with E-state index in [-0.39, 0.29) is 12.4 Å². The minimum Gasteiger partial charge on any atom is -0.497 e. The van der Waals surface area contributed by atoms with E-state index in [9.17, 15) is 0 Å². The summed E-state index contributed by atoms with van der Waals surface area (Å²) in [6.45, 7) is 3.04. The van der Waals surface area contributed by atoms with Crippen molar-refractivity contribution < 1.29 is 9.26 Å². The van der Waals surface area contributed by atoms with Crippen LogP contribution >= 0.6 is 23.7 Å². The van der Waals surface area contributed by atoms with Crippen LogP contribution < -0.4 is 4.74 Å². The minimum atomic E-state index is 0. The Morgan fingerprint density at radius 3 is 3.04 bits per heavy atom. The highest BCUT2D eigenvalue weighted by Crippen LogP contribution is 2.29. The number of thiophene rings is 1. The van der Waals surface area contributed by atoms with Gasteiger partial charge in [-0.2, -0.15) is 4.98 Å². The van der Waals surface area contributed by atoms with Gasteiger partial charge >= 0.3 is 0 Å². The zero-order chi connectivity index (χ0) is 16.4. The molecule has 4 rings (SSSR count). The summed E-state index contributed by atoms with van der Waals surface area (Å²) in [6, 6.07) is 12.0. The molecule has 3 heterocycles. The molecular weight excluding hydrogens is 358 g/mol. The van der Waals surface area contributed by atoms with Gasteiger partial charge in [0.05, 0.1) is 13.0 Å². The molecule has 0 bridgehead atoms. The molecule has 1 atom stereocenters. The number of aromatic nitrogens is 2. The Hall–Kier alpha value is -1.89. The highest BCUT2D eigenvalue weighted by molar-refractivity contribution is 7.09. The fourth-order valence-corrected chi connectivity index (χ4v) is 3.83. The number of ether oxygens (including phenoxy) is 1. The molecule has 0 N–H and O–H groups in total. The van der Waals surface area contributed by atoms with Crippen LogP contribution in [-0.4, -0.2) is 35.2 Å². The number of halogens is 1. The van der Waals surface area contributed by atoms with Gasteiger partial charge in [-0.25, -0.2) is 0 Å². The van der Waals surface area contributed by atoms with Gasteiger partial charge in [-0.1, -0.05) is 23.4 Å². The first kappa shape index (κ1) is 17.9. The number of rotatable bonds is 5. The molecule has 1 unspecified atom stereocenters. The average Bonchev–Trinajstić information content (AvgIpc) is 3.36. The summed E-state index contributed by atoms with van der Waals surface area (Å²) in [5.41, 5.74) is 0.915. The van der Waals surface area contributed by atoms with E-state index < -0.39 is 0 Å². The lowest BCUT2D eigenvalue weighted by Gasteiger charge is -2.13. The predicted octanol–water partition coefficient (Wildman–Crippen LogP) is 4.22. The Morgan fingerprint density at radius 1 is 1.32 bits per heavy atom. The molecule has 132 valence electrons. The van der Waals surface area contributed by atoms with Crippen molar-refractivity contribution in [2.45, 2.75) is 18.9 Å². The summed E-state index contributed by atoms with van der Waals surface area (Å²) < 4.78 is 10.8. The third kappa shape index (κ3) is 4.03. The van der Waals surface area contributed by atoms with Gasteiger partial charge in [0.1, 0.15) is 5.75 Å². The third-order valence-corrected chi connectivity index (χ3v) is 5.21. The second-order valence-electron chi connectivity index (χ2n) is 5.99. The molecule has 0 amide bonds. The monoisotopic (exact) mass is 377 g/mol. The minimum absolute atomic E-state index is 0. The molecule has 7 heteroatoms. The molecule has 0 saturated carbocycles. The maximum atomic E-state index is 5.53. The molecule has 1 aliphatic rings. The molecule has 0 aliphatic carbocycles. The lowest BCUT2D eigenvalue weighted by molar-refractivity contribution is 0.311. The fourth-order valence-electron chi connectivity index (χ4n) is 3.08. The standard InChI is InChI=1S/C18H19N3O2S.ClH/c1-22-15-5-2-4-13(10-15)17-19-18(23-20-17)14-7-8-21(11-14)12-16-6-3-9-24-16;/h2-6,9-10,14H,7-8,11-12H2,1H3;1H. The lowest BCUT2D eigenvalue weighted by Crippen LogP contribution is -2.19. The quantitative estimate of drug-likeness (QED) is 0.666.